The fourth-order valence-corrected chi connectivity index (χ4v) is 4.72. The molecule has 10 heteroatoms. The van der Waals surface area contributed by atoms with E-state index in [9.17, 15) is 4.39 Å². The number of hydrogen-bond acceptors (Lipinski definition) is 9. The standard InChI is InChI=1S/C18H20FN5O2S2/c1-10-5-6-12(8-14(10)19)15-21-16(26-24-15)11(2)27-18-23-22-17(28-18)20-9-13-4-3-7-25-13/h5-6,8,11,13H,3-4,7,9H2,1-2H3,(H,20,22). The molecule has 28 heavy (non-hydrogen) atoms. The Morgan fingerprint density at radius 1 is 1.39 bits per heavy atom. The number of nitrogens with one attached hydrogen (secondary N) is 1. The highest BCUT2D eigenvalue weighted by atomic mass is 32.2. The zero-order valence-corrected chi connectivity index (χ0v) is 17.1. The Morgan fingerprint density at radius 3 is 3.07 bits per heavy atom. The van der Waals surface area contributed by atoms with Crippen molar-refractivity contribution in [1.82, 2.24) is 20.3 Å². The molecule has 2 aromatic heterocycles. The van der Waals surface area contributed by atoms with Crippen LogP contribution in [0.5, 0.6) is 0 Å². The summed E-state index contributed by atoms with van der Waals surface area (Å²) < 4.78 is 25.5. The van der Waals surface area contributed by atoms with Gasteiger partial charge in [0.25, 0.3) is 0 Å². The van der Waals surface area contributed by atoms with Crippen molar-refractivity contribution in [2.24, 2.45) is 0 Å². The summed E-state index contributed by atoms with van der Waals surface area (Å²) in [6.45, 7) is 5.25. The molecule has 1 aliphatic rings. The van der Waals surface area contributed by atoms with Crippen molar-refractivity contribution >= 4 is 28.2 Å². The molecule has 2 atom stereocenters. The average molecular weight is 422 g/mol. The van der Waals surface area contributed by atoms with Crippen LogP contribution in [0.1, 0.15) is 36.5 Å². The van der Waals surface area contributed by atoms with Crippen molar-refractivity contribution in [2.45, 2.75) is 42.4 Å². The fourth-order valence-electron chi connectivity index (χ4n) is 2.79. The Labute approximate surface area is 170 Å². The summed E-state index contributed by atoms with van der Waals surface area (Å²) in [6.07, 6.45) is 2.44. The van der Waals surface area contributed by atoms with Crippen molar-refractivity contribution in [3.05, 3.63) is 35.5 Å². The van der Waals surface area contributed by atoms with Crippen LogP contribution in [0.4, 0.5) is 9.52 Å². The molecular formula is C18H20FN5O2S2. The molecule has 1 N–H and O–H groups in total. The Balaban J connectivity index is 1.36. The highest BCUT2D eigenvalue weighted by molar-refractivity contribution is 8.01. The van der Waals surface area contributed by atoms with E-state index < -0.39 is 0 Å². The number of benzene rings is 1. The fraction of sp³-hybridized carbons (Fsp3) is 0.444. The minimum atomic E-state index is -0.289. The smallest absolute Gasteiger partial charge is 0.240 e. The maximum Gasteiger partial charge on any atom is 0.240 e. The van der Waals surface area contributed by atoms with Gasteiger partial charge in [-0.15, -0.1) is 10.2 Å². The van der Waals surface area contributed by atoms with Crippen molar-refractivity contribution in [3.63, 3.8) is 0 Å². The van der Waals surface area contributed by atoms with Crippen molar-refractivity contribution in [1.29, 1.82) is 0 Å². The summed E-state index contributed by atoms with van der Waals surface area (Å²) in [7, 11) is 0. The molecule has 0 amide bonds. The predicted molar refractivity (Wildman–Crippen MR) is 106 cm³/mol. The first-order valence-corrected chi connectivity index (χ1v) is 10.7. The summed E-state index contributed by atoms with van der Waals surface area (Å²) in [5.74, 6) is 0.547. The predicted octanol–water partition coefficient (Wildman–Crippen LogP) is 4.48. The minimum absolute atomic E-state index is 0.101. The van der Waals surface area contributed by atoms with Gasteiger partial charge in [-0.2, -0.15) is 4.98 Å². The Kier molecular flexibility index (Phi) is 5.88. The number of aryl methyl sites for hydroxylation is 1. The molecule has 7 nitrogen and oxygen atoms in total. The number of halogens is 1. The summed E-state index contributed by atoms with van der Waals surface area (Å²) >= 11 is 2.97. The van der Waals surface area contributed by atoms with Gasteiger partial charge in [-0.3, -0.25) is 0 Å². The van der Waals surface area contributed by atoms with E-state index in [1.165, 1.54) is 29.2 Å². The molecule has 1 aromatic carbocycles. The Hall–Kier alpha value is -2.04. The molecule has 0 saturated carbocycles. The van der Waals surface area contributed by atoms with Gasteiger partial charge < -0.3 is 14.6 Å². The molecule has 3 heterocycles. The van der Waals surface area contributed by atoms with Crippen molar-refractivity contribution < 1.29 is 13.7 Å². The first-order valence-electron chi connectivity index (χ1n) is 9.04. The molecule has 1 fully saturated rings. The van der Waals surface area contributed by atoms with Crippen molar-refractivity contribution in [3.8, 4) is 11.4 Å². The number of aromatic nitrogens is 4. The molecule has 1 saturated heterocycles. The lowest BCUT2D eigenvalue weighted by molar-refractivity contribution is 0.120. The lowest BCUT2D eigenvalue weighted by atomic mass is 10.1. The number of thioether (sulfide) groups is 1. The number of hydrogen-bond donors (Lipinski definition) is 1. The van der Waals surface area contributed by atoms with Crippen LogP contribution >= 0.6 is 23.1 Å². The van der Waals surface area contributed by atoms with Gasteiger partial charge >= 0.3 is 0 Å². The summed E-state index contributed by atoms with van der Waals surface area (Å²) in [4.78, 5) is 4.40. The number of ether oxygens (including phenoxy) is 1. The van der Waals surface area contributed by atoms with E-state index in [1.54, 1.807) is 19.1 Å². The van der Waals surface area contributed by atoms with Crippen LogP contribution in [0.15, 0.2) is 27.1 Å². The van der Waals surface area contributed by atoms with Gasteiger partial charge in [0.05, 0.1) is 11.4 Å². The molecule has 2 unspecified atom stereocenters. The maximum atomic E-state index is 13.8. The second-order valence-corrected chi connectivity index (χ2v) is 9.13. The molecule has 0 aliphatic carbocycles. The van der Waals surface area contributed by atoms with Crippen LogP contribution in [0.2, 0.25) is 0 Å². The highest BCUT2D eigenvalue weighted by Crippen LogP contribution is 2.37. The molecule has 3 aromatic rings. The molecule has 0 radical (unpaired) electrons. The van der Waals surface area contributed by atoms with Crippen molar-refractivity contribution in [2.75, 3.05) is 18.5 Å². The summed E-state index contributed by atoms with van der Waals surface area (Å²) in [5.41, 5.74) is 1.17. The van der Waals surface area contributed by atoms with Crippen LogP contribution in [0.25, 0.3) is 11.4 Å². The van der Waals surface area contributed by atoms with Crippen LogP contribution in [-0.4, -0.2) is 39.6 Å². The molecule has 0 bridgehead atoms. The number of anilines is 1. The van der Waals surface area contributed by atoms with Gasteiger partial charge in [0.15, 0.2) is 4.34 Å². The lowest BCUT2D eigenvalue weighted by Crippen LogP contribution is -2.18. The van der Waals surface area contributed by atoms with Gasteiger partial charge in [0.1, 0.15) is 5.82 Å². The molecule has 4 rings (SSSR count). The van der Waals surface area contributed by atoms with Crippen LogP contribution < -0.4 is 5.32 Å². The SMILES string of the molecule is Cc1ccc(-c2noc(C(C)Sc3nnc(NCC4CCCO4)s3)n2)cc1F. The molecular weight excluding hydrogens is 401 g/mol. The van der Waals surface area contributed by atoms with E-state index in [-0.39, 0.29) is 17.2 Å². The Morgan fingerprint density at radius 2 is 2.29 bits per heavy atom. The van der Waals surface area contributed by atoms with Gasteiger partial charge in [0, 0.05) is 18.7 Å². The van der Waals surface area contributed by atoms with Crippen LogP contribution in [0.3, 0.4) is 0 Å². The normalized spacial score (nSPS) is 17.8. The third-order valence-corrected chi connectivity index (χ3v) is 6.46. The topological polar surface area (TPSA) is 86.0 Å². The lowest BCUT2D eigenvalue weighted by Gasteiger charge is -2.08. The Bertz CT molecular complexity index is 942. The number of rotatable bonds is 7. The zero-order chi connectivity index (χ0) is 19.5. The van der Waals surface area contributed by atoms with E-state index in [4.69, 9.17) is 9.26 Å². The molecule has 1 aliphatic heterocycles. The second kappa shape index (κ2) is 8.54. The van der Waals surface area contributed by atoms with E-state index >= 15 is 0 Å². The number of nitrogens with zero attached hydrogens (tertiary/aromatic N) is 4. The zero-order valence-electron chi connectivity index (χ0n) is 15.5. The molecule has 148 valence electrons. The van der Waals surface area contributed by atoms with Crippen LogP contribution in [0, 0.1) is 12.7 Å². The quantitative estimate of drug-likeness (QED) is 0.559. The summed E-state index contributed by atoms with van der Waals surface area (Å²) in [5, 5.41) is 16.3. The van der Waals surface area contributed by atoms with Gasteiger partial charge in [-0.05, 0) is 38.3 Å². The monoisotopic (exact) mass is 421 g/mol. The highest BCUT2D eigenvalue weighted by Gasteiger charge is 2.20. The maximum absolute atomic E-state index is 13.8. The third-order valence-electron chi connectivity index (χ3n) is 4.41. The van der Waals surface area contributed by atoms with E-state index in [1.807, 2.05) is 6.92 Å². The van der Waals surface area contributed by atoms with E-state index in [0.717, 1.165) is 35.5 Å². The first-order chi connectivity index (χ1) is 13.6. The average Bonchev–Trinajstić information content (AvgIpc) is 3.44. The van der Waals surface area contributed by atoms with Gasteiger partial charge in [-0.25, -0.2) is 4.39 Å². The molecule has 0 spiro atoms. The van der Waals surface area contributed by atoms with Gasteiger partial charge in [-0.1, -0.05) is 40.4 Å². The first kappa shape index (κ1) is 19.3. The van der Waals surface area contributed by atoms with Crippen LogP contribution in [-0.2, 0) is 4.74 Å². The third kappa shape index (κ3) is 4.50. The summed E-state index contributed by atoms with van der Waals surface area (Å²) in [6, 6.07) is 4.89. The second-order valence-electron chi connectivity index (χ2n) is 6.57. The minimum Gasteiger partial charge on any atom is -0.376 e. The van der Waals surface area contributed by atoms with Gasteiger partial charge in [0.2, 0.25) is 16.8 Å². The largest absolute Gasteiger partial charge is 0.376 e. The van der Waals surface area contributed by atoms with E-state index in [2.05, 4.69) is 25.7 Å². The van der Waals surface area contributed by atoms with E-state index in [0.29, 0.717) is 22.8 Å².